The van der Waals surface area contributed by atoms with Gasteiger partial charge in [0.15, 0.2) is 0 Å². The SMILES string of the molecule is O=C(NCC1(c2cccc(Br)c2)CC1)C1CCCNC1. The van der Waals surface area contributed by atoms with Gasteiger partial charge in [-0.1, -0.05) is 28.1 Å². The zero-order chi connectivity index (χ0) is 14.0. The fourth-order valence-corrected chi connectivity index (χ4v) is 3.41. The Bertz CT molecular complexity index is 493. The summed E-state index contributed by atoms with van der Waals surface area (Å²) in [5, 5.41) is 6.48. The van der Waals surface area contributed by atoms with Crippen LogP contribution in [-0.4, -0.2) is 25.5 Å². The van der Waals surface area contributed by atoms with E-state index in [0.717, 1.165) is 36.9 Å². The molecule has 0 bridgehead atoms. The van der Waals surface area contributed by atoms with Crippen LogP contribution in [0.15, 0.2) is 28.7 Å². The molecule has 0 aromatic heterocycles. The van der Waals surface area contributed by atoms with Gasteiger partial charge in [0.25, 0.3) is 0 Å². The highest BCUT2D eigenvalue weighted by molar-refractivity contribution is 9.10. The van der Waals surface area contributed by atoms with Crippen LogP contribution < -0.4 is 10.6 Å². The lowest BCUT2D eigenvalue weighted by atomic mass is 9.94. The Kier molecular flexibility index (Phi) is 4.13. The van der Waals surface area contributed by atoms with Crippen LogP contribution in [0.1, 0.15) is 31.2 Å². The van der Waals surface area contributed by atoms with Crippen LogP contribution in [0.3, 0.4) is 0 Å². The van der Waals surface area contributed by atoms with Crippen LogP contribution in [0.2, 0.25) is 0 Å². The van der Waals surface area contributed by atoms with Crippen LogP contribution in [0.25, 0.3) is 0 Å². The molecule has 1 aromatic rings. The number of hydrogen-bond donors (Lipinski definition) is 2. The quantitative estimate of drug-likeness (QED) is 0.887. The summed E-state index contributed by atoms with van der Waals surface area (Å²) < 4.78 is 1.11. The molecule has 0 spiro atoms. The van der Waals surface area contributed by atoms with Gasteiger partial charge in [0.2, 0.25) is 5.91 Å². The lowest BCUT2D eigenvalue weighted by Crippen LogP contribution is -2.42. The highest BCUT2D eigenvalue weighted by Gasteiger charge is 2.44. The third-order valence-electron chi connectivity index (χ3n) is 4.56. The number of rotatable bonds is 4. The van der Waals surface area contributed by atoms with Gasteiger partial charge in [-0.05, 0) is 49.9 Å². The maximum Gasteiger partial charge on any atom is 0.224 e. The molecule has 1 aromatic carbocycles. The van der Waals surface area contributed by atoms with E-state index >= 15 is 0 Å². The third kappa shape index (κ3) is 3.07. The molecular weight excluding hydrogens is 316 g/mol. The molecule has 2 aliphatic rings. The van der Waals surface area contributed by atoms with Crippen molar-refractivity contribution in [3.63, 3.8) is 0 Å². The van der Waals surface area contributed by atoms with Gasteiger partial charge in [0.05, 0.1) is 5.92 Å². The van der Waals surface area contributed by atoms with Gasteiger partial charge in [-0.25, -0.2) is 0 Å². The van der Waals surface area contributed by atoms with Crippen LogP contribution >= 0.6 is 15.9 Å². The van der Waals surface area contributed by atoms with Gasteiger partial charge < -0.3 is 10.6 Å². The van der Waals surface area contributed by atoms with Crippen molar-refractivity contribution in [2.24, 2.45) is 5.92 Å². The first-order valence-corrected chi connectivity index (χ1v) is 8.23. The Morgan fingerprint density at radius 3 is 2.95 bits per heavy atom. The molecule has 4 heteroatoms. The first kappa shape index (κ1) is 14.1. The molecular formula is C16H21BrN2O. The summed E-state index contributed by atoms with van der Waals surface area (Å²) in [7, 11) is 0. The number of nitrogens with one attached hydrogen (secondary N) is 2. The summed E-state index contributed by atoms with van der Waals surface area (Å²) in [4.78, 5) is 12.2. The average Bonchev–Trinajstić information content (AvgIpc) is 3.27. The predicted molar refractivity (Wildman–Crippen MR) is 83.7 cm³/mol. The highest BCUT2D eigenvalue weighted by Crippen LogP contribution is 2.48. The fraction of sp³-hybridized carbons (Fsp3) is 0.562. The molecule has 108 valence electrons. The van der Waals surface area contributed by atoms with Crippen LogP contribution in [-0.2, 0) is 10.2 Å². The van der Waals surface area contributed by atoms with E-state index in [1.807, 2.05) is 6.07 Å². The number of halogens is 1. The monoisotopic (exact) mass is 336 g/mol. The Hall–Kier alpha value is -0.870. The summed E-state index contributed by atoms with van der Waals surface area (Å²) in [5.41, 5.74) is 1.52. The first-order chi connectivity index (χ1) is 9.70. The number of piperidine rings is 1. The molecule has 1 atom stereocenters. The maximum atomic E-state index is 12.2. The molecule has 1 aliphatic heterocycles. The van der Waals surface area contributed by atoms with E-state index in [0.29, 0.717) is 0 Å². The zero-order valence-electron chi connectivity index (χ0n) is 11.6. The second-order valence-corrected chi connectivity index (χ2v) is 6.97. The van der Waals surface area contributed by atoms with Gasteiger partial charge in [-0.15, -0.1) is 0 Å². The van der Waals surface area contributed by atoms with E-state index < -0.39 is 0 Å². The van der Waals surface area contributed by atoms with E-state index in [2.05, 4.69) is 44.8 Å². The van der Waals surface area contributed by atoms with Gasteiger partial charge in [-0.3, -0.25) is 4.79 Å². The van der Waals surface area contributed by atoms with Gasteiger partial charge >= 0.3 is 0 Å². The minimum atomic E-state index is 0.155. The van der Waals surface area contributed by atoms with Crippen molar-refractivity contribution in [3.8, 4) is 0 Å². The van der Waals surface area contributed by atoms with Crippen LogP contribution in [0, 0.1) is 5.92 Å². The number of carbonyl (C=O) groups excluding carboxylic acids is 1. The number of hydrogen-bond acceptors (Lipinski definition) is 2. The molecule has 1 unspecified atom stereocenters. The molecule has 1 saturated carbocycles. The van der Waals surface area contributed by atoms with Crippen molar-refractivity contribution in [2.45, 2.75) is 31.1 Å². The molecule has 3 nitrogen and oxygen atoms in total. The number of carbonyl (C=O) groups is 1. The normalized spacial score (nSPS) is 24.1. The maximum absolute atomic E-state index is 12.2. The fourth-order valence-electron chi connectivity index (χ4n) is 3.01. The Balaban J connectivity index is 1.59. The van der Waals surface area contributed by atoms with Gasteiger partial charge in [0.1, 0.15) is 0 Å². The molecule has 1 aliphatic carbocycles. The molecule has 20 heavy (non-hydrogen) atoms. The molecule has 1 heterocycles. The van der Waals surface area contributed by atoms with Crippen molar-refractivity contribution in [3.05, 3.63) is 34.3 Å². The molecule has 1 amide bonds. The Morgan fingerprint density at radius 2 is 2.30 bits per heavy atom. The van der Waals surface area contributed by atoms with Gasteiger partial charge in [-0.2, -0.15) is 0 Å². The minimum Gasteiger partial charge on any atom is -0.355 e. The molecule has 1 saturated heterocycles. The Labute approximate surface area is 128 Å². The largest absolute Gasteiger partial charge is 0.355 e. The van der Waals surface area contributed by atoms with Gasteiger partial charge in [0, 0.05) is 23.0 Å². The highest BCUT2D eigenvalue weighted by atomic mass is 79.9. The predicted octanol–water partition coefficient (Wildman–Crippen LogP) is 2.60. The molecule has 3 rings (SSSR count). The number of amides is 1. The number of benzene rings is 1. The van der Waals surface area contributed by atoms with Crippen molar-refractivity contribution < 1.29 is 4.79 Å². The van der Waals surface area contributed by atoms with E-state index in [-0.39, 0.29) is 17.2 Å². The van der Waals surface area contributed by atoms with Crippen LogP contribution in [0.5, 0.6) is 0 Å². The standard InChI is InChI=1S/C16H21BrN2O/c17-14-5-1-4-13(9-14)16(6-7-16)11-19-15(20)12-3-2-8-18-10-12/h1,4-5,9,12,18H,2-3,6-8,10-11H2,(H,19,20). The van der Waals surface area contributed by atoms with Crippen molar-refractivity contribution >= 4 is 21.8 Å². The minimum absolute atomic E-state index is 0.155. The second kappa shape index (κ2) is 5.86. The average molecular weight is 337 g/mol. The summed E-state index contributed by atoms with van der Waals surface area (Å²) in [5.74, 6) is 0.375. The smallest absolute Gasteiger partial charge is 0.224 e. The second-order valence-electron chi connectivity index (χ2n) is 6.05. The van der Waals surface area contributed by atoms with E-state index in [1.54, 1.807) is 0 Å². The van der Waals surface area contributed by atoms with E-state index in [9.17, 15) is 4.79 Å². The van der Waals surface area contributed by atoms with Crippen LogP contribution in [0.4, 0.5) is 0 Å². The summed E-state index contributed by atoms with van der Waals surface area (Å²) in [6, 6.07) is 8.48. The lowest BCUT2D eigenvalue weighted by molar-refractivity contribution is -0.125. The lowest BCUT2D eigenvalue weighted by Gasteiger charge is -2.24. The topological polar surface area (TPSA) is 41.1 Å². The van der Waals surface area contributed by atoms with Crippen molar-refractivity contribution in [1.29, 1.82) is 0 Å². The third-order valence-corrected chi connectivity index (χ3v) is 5.05. The first-order valence-electron chi connectivity index (χ1n) is 7.44. The van der Waals surface area contributed by atoms with Crippen molar-refractivity contribution in [1.82, 2.24) is 10.6 Å². The van der Waals surface area contributed by atoms with E-state index in [4.69, 9.17) is 0 Å². The molecule has 2 N–H and O–H groups in total. The summed E-state index contributed by atoms with van der Waals surface area (Å²) in [6.45, 7) is 2.65. The summed E-state index contributed by atoms with van der Waals surface area (Å²) in [6.07, 6.45) is 4.47. The molecule has 2 fully saturated rings. The summed E-state index contributed by atoms with van der Waals surface area (Å²) >= 11 is 3.53. The zero-order valence-corrected chi connectivity index (χ0v) is 13.2. The Morgan fingerprint density at radius 1 is 1.45 bits per heavy atom. The molecule has 0 radical (unpaired) electrons. The van der Waals surface area contributed by atoms with E-state index in [1.165, 1.54) is 18.4 Å². The van der Waals surface area contributed by atoms with Crippen molar-refractivity contribution in [2.75, 3.05) is 19.6 Å².